The Kier molecular flexibility index (Phi) is 3.66. The van der Waals surface area contributed by atoms with Crippen molar-refractivity contribution in [3.63, 3.8) is 0 Å². The van der Waals surface area contributed by atoms with E-state index in [1.165, 1.54) is 28.1 Å². The van der Waals surface area contributed by atoms with Crippen molar-refractivity contribution in [3.8, 4) is 0 Å². The van der Waals surface area contributed by atoms with Gasteiger partial charge in [0, 0.05) is 18.4 Å². The van der Waals surface area contributed by atoms with Gasteiger partial charge in [0.1, 0.15) is 12.2 Å². The molecule has 0 spiro atoms. The Hall–Kier alpha value is -2.63. The highest BCUT2D eigenvalue weighted by molar-refractivity contribution is 5.95. The summed E-state index contributed by atoms with van der Waals surface area (Å²) in [6, 6.07) is 7.44. The highest BCUT2D eigenvalue weighted by Gasteiger charge is 2.24. The van der Waals surface area contributed by atoms with E-state index in [1.54, 1.807) is 4.90 Å². The summed E-state index contributed by atoms with van der Waals surface area (Å²) in [4.78, 5) is 25.4. The van der Waals surface area contributed by atoms with E-state index in [4.69, 9.17) is 5.11 Å². The van der Waals surface area contributed by atoms with Crippen LogP contribution in [0, 0.1) is 6.92 Å². The van der Waals surface area contributed by atoms with Crippen LogP contribution < -0.4 is 4.90 Å². The lowest BCUT2D eigenvalue weighted by Crippen LogP contribution is -2.38. The average Bonchev–Trinajstić information content (AvgIpc) is 2.94. The Balaban J connectivity index is 1.85. The second-order valence-corrected chi connectivity index (χ2v) is 5.46. The van der Waals surface area contributed by atoms with Crippen molar-refractivity contribution in [2.75, 3.05) is 11.4 Å². The van der Waals surface area contributed by atoms with E-state index in [1.807, 2.05) is 19.1 Å². The molecule has 22 heavy (non-hydrogen) atoms. The third-order valence-corrected chi connectivity index (χ3v) is 3.88. The van der Waals surface area contributed by atoms with Gasteiger partial charge in [-0.15, -0.1) is 0 Å². The zero-order valence-electron chi connectivity index (χ0n) is 12.3. The lowest BCUT2D eigenvalue weighted by Gasteiger charge is -2.30. The van der Waals surface area contributed by atoms with Crippen molar-refractivity contribution in [3.05, 3.63) is 47.3 Å². The van der Waals surface area contributed by atoms with Gasteiger partial charge >= 0.3 is 5.97 Å². The number of carbonyl (C=O) groups excluding carboxylic acids is 1. The highest BCUT2D eigenvalue weighted by Crippen LogP contribution is 2.28. The zero-order chi connectivity index (χ0) is 15.7. The van der Waals surface area contributed by atoms with Crippen molar-refractivity contribution in [1.29, 1.82) is 0 Å². The Morgan fingerprint density at radius 3 is 2.91 bits per heavy atom. The van der Waals surface area contributed by atoms with Crippen LogP contribution in [0.4, 0.5) is 5.69 Å². The second kappa shape index (κ2) is 5.63. The molecule has 1 aromatic carbocycles. The molecule has 6 heteroatoms. The average molecular weight is 299 g/mol. The first-order valence-electron chi connectivity index (χ1n) is 7.21. The van der Waals surface area contributed by atoms with Crippen molar-refractivity contribution in [2.45, 2.75) is 26.3 Å². The number of carboxylic acids is 1. The van der Waals surface area contributed by atoms with E-state index < -0.39 is 5.97 Å². The molecule has 2 heterocycles. The minimum absolute atomic E-state index is 0.0227. The number of aryl methyl sites for hydroxylation is 2. The molecule has 114 valence electrons. The summed E-state index contributed by atoms with van der Waals surface area (Å²) in [6.07, 6.45) is 3.26. The molecule has 0 unspecified atom stereocenters. The Morgan fingerprint density at radius 2 is 2.14 bits per heavy atom. The lowest BCUT2D eigenvalue weighted by molar-refractivity contribution is -0.119. The van der Waals surface area contributed by atoms with Crippen LogP contribution in [-0.2, 0) is 17.8 Å². The number of amides is 1. The molecular weight excluding hydrogens is 282 g/mol. The minimum atomic E-state index is -1.08. The Bertz CT molecular complexity index is 736. The van der Waals surface area contributed by atoms with Crippen LogP contribution in [0.1, 0.15) is 28.0 Å². The zero-order valence-corrected chi connectivity index (χ0v) is 12.3. The van der Waals surface area contributed by atoms with Gasteiger partial charge < -0.3 is 10.0 Å². The Labute approximate surface area is 128 Å². The number of hydrogen-bond acceptors (Lipinski definition) is 3. The summed E-state index contributed by atoms with van der Waals surface area (Å²) in [5, 5.41) is 13.0. The summed E-state index contributed by atoms with van der Waals surface area (Å²) in [5.74, 6) is -1.23. The standard InChI is InChI=1S/C16H17N3O3/c1-11-4-5-13-12(9-11)3-2-8-18(13)15(20)10-19-14(16(21)22)6-7-17-19/h4-7,9H,2-3,8,10H2,1H3,(H,21,22). The quantitative estimate of drug-likeness (QED) is 0.938. The van der Waals surface area contributed by atoms with Crippen LogP contribution >= 0.6 is 0 Å². The molecule has 0 fully saturated rings. The van der Waals surface area contributed by atoms with Gasteiger partial charge in [0.05, 0.1) is 0 Å². The molecule has 0 saturated carbocycles. The number of carbonyl (C=O) groups is 2. The third kappa shape index (κ3) is 2.59. The maximum absolute atomic E-state index is 12.6. The number of carboxylic acid groups (broad SMARTS) is 1. The minimum Gasteiger partial charge on any atom is -0.477 e. The topological polar surface area (TPSA) is 75.4 Å². The molecule has 1 aliphatic rings. The molecule has 2 aromatic rings. The van der Waals surface area contributed by atoms with Crippen LogP contribution in [0.3, 0.4) is 0 Å². The number of hydrogen-bond donors (Lipinski definition) is 1. The molecule has 0 aliphatic carbocycles. The fourth-order valence-corrected chi connectivity index (χ4v) is 2.84. The van der Waals surface area contributed by atoms with E-state index in [9.17, 15) is 9.59 Å². The number of aromatic carboxylic acids is 1. The van der Waals surface area contributed by atoms with Crippen molar-refractivity contribution in [2.24, 2.45) is 0 Å². The molecule has 1 amide bonds. The SMILES string of the molecule is Cc1ccc2c(c1)CCCN2C(=O)Cn1nccc1C(=O)O. The van der Waals surface area contributed by atoms with E-state index in [2.05, 4.69) is 11.2 Å². The summed E-state index contributed by atoms with van der Waals surface area (Å²) >= 11 is 0. The van der Waals surface area contributed by atoms with Crippen LogP contribution in [0.25, 0.3) is 0 Å². The second-order valence-electron chi connectivity index (χ2n) is 5.46. The third-order valence-electron chi connectivity index (χ3n) is 3.88. The number of rotatable bonds is 3. The van der Waals surface area contributed by atoms with E-state index in [0.29, 0.717) is 6.54 Å². The molecule has 1 aliphatic heterocycles. The summed E-state index contributed by atoms with van der Waals surface area (Å²) in [6.45, 7) is 2.62. The number of anilines is 1. The van der Waals surface area contributed by atoms with Crippen LogP contribution in [-0.4, -0.2) is 33.3 Å². The first kappa shape index (κ1) is 14.3. The van der Waals surface area contributed by atoms with Gasteiger partial charge in [-0.25, -0.2) is 9.48 Å². The van der Waals surface area contributed by atoms with Crippen molar-refractivity contribution < 1.29 is 14.7 Å². The molecular formula is C16H17N3O3. The molecule has 0 bridgehead atoms. The molecule has 0 radical (unpaired) electrons. The first-order chi connectivity index (χ1) is 10.6. The molecule has 0 saturated heterocycles. The number of aromatic nitrogens is 2. The van der Waals surface area contributed by atoms with E-state index in [-0.39, 0.29) is 18.1 Å². The Morgan fingerprint density at radius 1 is 1.32 bits per heavy atom. The molecule has 6 nitrogen and oxygen atoms in total. The number of fused-ring (bicyclic) bond motifs is 1. The summed E-state index contributed by atoms with van der Waals surface area (Å²) < 4.78 is 1.23. The van der Waals surface area contributed by atoms with Gasteiger partial charge in [0.2, 0.25) is 5.91 Å². The highest BCUT2D eigenvalue weighted by atomic mass is 16.4. The van der Waals surface area contributed by atoms with Gasteiger partial charge in [-0.2, -0.15) is 5.10 Å². The smallest absolute Gasteiger partial charge is 0.354 e. The predicted molar refractivity (Wildman–Crippen MR) is 81.0 cm³/mol. The van der Waals surface area contributed by atoms with Gasteiger partial charge in [-0.3, -0.25) is 4.79 Å². The largest absolute Gasteiger partial charge is 0.477 e. The monoisotopic (exact) mass is 299 g/mol. The molecule has 3 rings (SSSR count). The predicted octanol–water partition coefficient (Wildman–Crippen LogP) is 1.87. The van der Waals surface area contributed by atoms with Crippen LogP contribution in [0.5, 0.6) is 0 Å². The summed E-state index contributed by atoms with van der Waals surface area (Å²) in [5.41, 5.74) is 3.28. The molecule has 1 N–H and O–H groups in total. The molecule has 1 aromatic heterocycles. The normalized spacial score (nSPS) is 13.8. The van der Waals surface area contributed by atoms with Gasteiger partial charge in [0.25, 0.3) is 0 Å². The first-order valence-corrected chi connectivity index (χ1v) is 7.21. The number of benzene rings is 1. The van der Waals surface area contributed by atoms with Gasteiger partial charge in [-0.1, -0.05) is 17.7 Å². The van der Waals surface area contributed by atoms with Crippen LogP contribution in [0.15, 0.2) is 30.5 Å². The fourth-order valence-electron chi connectivity index (χ4n) is 2.84. The van der Waals surface area contributed by atoms with Crippen molar-refractivity contribution in [1.82, 2.24) is 9.78 Å². The molecule has 0 atom stereocenters. The number of nitrogens with zero attached hydrogens (tertiary/aromatic N) is 3. The van der Waals surface area contributed by atoms with E-state index in [0.717, 1.165) is 18.5 Å². The maximum Gasteiger partial charge on any atom is 0.354 e. The van der Waals surface area contributed by atoms with Gasteiger partial charge in [0.15, 0.2) is 0 Å². The van der Waals surface area contributed by atoms with Crippen LogP contribution in [0.2, 0.25) is 0 Å². The maximum atomic E-state index is 12.6. The fraction of sp³-hybridized carbons (Fsp3) is 0.312. The lowest BCUT2D eigenvalue weighted by atomic mass is 9.99. The van der Waals surface area contributed by atoms with Gasteiger partial charge in [-0.05, 0) is 37.5 Å². The van der Waals surface area contributed by atoms with E-state index >= 15 is 0 Å². The summed E-state index contributed by atoms with van der Waals surface area (Å²) in [7, 11) is 0. The van der Waals surface area contributed by atoms with Crippen molar-refractivity contribution >= 4 is 17.6 Å².